The zero-order chi connectivity index (χ0) is 14.7. The number of ether oxygens (including phenoxy) is 1. The smallest absolute Gasteiger partial charge is 0.123 e. The molecule has 2 nitrogen and oxygen atoms in total. The first-order valence-electron chi connectivity index (χ1n) is 7.04. The van der Waals surface area contributed by atoms with Crippen LogP contribution in [0.3, 0.4) is 0 Å². The Kier molecular flexibility index (Phi) is 4.27. The lowest BCUT2D eigenvalue weighted by atomic mass is 10.1. The highest BCUT2D eigenvalue weighted by molar-refractivity contribution is 5.20. The van der Waals surface area contributed by atoms with Crippen LogP contribution in [0.2, 0.25) is 0 Å². The summed E-state index contributed by atoms with van der Waals surface area (Å²) < 4.78 is 31.7. The summed E-state index contributed by atoms with van der Waals surface area (Å²) in [6.07, 6.45) is -0.0419. The van der Waals surface area contributed by atoms with E-state index >= 15 is 0 Å². The van der Waals surface area contributed by atoms with E-state index in [1.54, 1.807) is 24.3 Å². The Morgan fingerprint density at radius 2 is 1.57 bits per heavy atom. The monoisotopic (exact) mass is 289 g/mol. The number of morpholine rings is 1. The summed E-state index contributed by atoms with van der Waals surface area (Å²) in [6, 6.07) is 13.0. The van der Waals surface area contributed by atoms with E-state index in [0.29, 0.717) is 6.61 Å². The van der Waals surface area contributed by atoms with E-state index in [1.807, 2.05) is 0 Å². The standard InChI is InChI=1S/C17H17F2NO/c18-15-5-1-13(2-6-15)11-20-9-10-21-17(12-20)14-3-7-16(19)8-4-14/h1-8,17H,9-12H2. The van der Waals surface area contributed by atoms with E-state index < -0.39 is 0 Å². The van der Waals surface area contributed by atoms with Crippen LogP contribution in [0.4, 0.5) is 8.78 Å². The van der Waals surface area contributed by atoms with Crippen LogP contribution in [-0.2, 0) is 11.3 Å². The van der Waals surface area contributed by atoms with Gasteiger partial charge in [0.25, 0.3) is 0 Å². The Balaban J connectivity index is 1.65. The Morgan fingerprint density at radius 3 is 2.24 bits per heavy atom. The van der Waals surface area contributed by atoms with E-state index in [4.69, 9.17) is 4.74 Å². The van der Waals surface area contributed by atoms with Gasteiger partial charge >= 0.3 is 0 Å². The second-order valence-electron chi connectivity index (χ2n) is 5.27. The van der Waals surface area contributed by atoms with Crippen molar-refractivity contribution in [2.24, 2.45) is 0 Å². The number of rotatable bonds is 3. The maximum absolute atomic E-state index is 13.0. The molecule has 0 spiro atoms. The first kappa shape index (κ1) is 14.2. The molecule has 2 aromatic rings. The van der Waals surface area contributed by atoms with E-state index in [0.717, 1.165) is 30.8 Å². The van der Waals surface area contributed by atoms with E-state index in [1.165, 1.54) is 24.3 Å². The fourth-order valence-corrected chi connectivity index (χ4v) is 2.57. The van der Waals surface area contributed by atoms with E-state index in [9.17, 15) is 8.78 Å². The van der Waals surface area contributed by atoms with Gasteiger partial charge in [-0.05, 0) is 35.4 Å². The van der Waals surface area contributed by atoms with Crippen molar-refractivity contribution in [3.05, 3.63) is 71.3 Å². The first-order valence-corrected chi connectivity index (χ1v) is 7.04. The van der Waals surface area contributed by atoms with Crippen LogP contribution in [0, 0.1) is 11.6 Å². The molecule has 0 aliphatic carbocycles. The lowest BCUT2D eigenvalue weighted by Crippen LogP contribution is -2.37. The maximum atomic E-state index is 13.0. The predicted molar refractivity (Wildman–Crippen MR) is 76.8 cm³/mol. The molecule has 0 bridgehead atoms. The van der Waals surface area contributed by atoms with Crippen molar-refractivity contribution in [3.63, 3.8) is 0 Å². The second-order valence-corrected chi connectivity index (χ2v) is 5.27. The van der Waals surface area contributed by atoms with Crippen LogP contribution in [0.15, 0.2) is 48.5 Å². The molecule has 21 heavy (non-hydrogen) atoms. The Labute approximate surface area is 123 Å². The van der Waals surface area contributed by atoms with Crippen molar-refractivity contribution in [1.82, 2.24) is 4.90 Å². The topological polar surface area (TPSA) is 12.5 Å². The number of halogens is 2. The highest BCUT2D eigenvalue weighted by Crippen LogP contribution is 2.23. The number of benzene rings is 2. The van der Waals surface area contributed by atoms with E-state index in [-0.39, 0.29) is 17.7 Å². The maximum Gasteiger partial charge on any atom is 0.123 e. The Bertz CT molecular complexity index is 583. The summed E-state index contributed by atoms with van der Waals surface area (Å²) in [5.74, 6) is -0.456. The fourth-order valence-electron chi connectivity index (χ4n) is 2.57. The predicted octanol–water partition coefficient (Wildman–Crippen LogP) is 3.54. The summed E-state index contributed by atoms with van der Waals surface area (Å²) >= 11 is 0. The summed E-state index contributed by atoms with van der Waals surface area (Å²) in [7, 11) is 0. The van der Waals surface area contributed by atoms with E-state index in [2.05, 4.69) is 4.90 Å². The molecule has 1 unspecified atom stereocenters. The van der Waals surface area contributed by atoms with Gasteiger partial charge in [-0.3, -0.25) is 4.90 Å². The van der Waals surface area contributed by atoms with Gasteiger partial charge < -0.3 is 4.74 Å². The second kappa shape index (κ2) is 6.33. The largest absolute Gasteiger partial charge is 0.371 e. The molecular weight excluding hydrogens is 272 g/mol. The van der Waals surface area contributed by atoms with Crippen LogP contribution in [0.1, 0.15) is 17.2 Å². The third kappa shape index (κ3) is 3.65. The third-order valence-electron chi connectivity index (χ3n) is 3.71. The van der Waals surface area contributed by atoms with Crippen molar-refractivity contribution in [2.75, 3.05) is 19.7 Å². The van der Waals surface area contributed by atoms with Gasteiger partial charge in [0, 0.05) is 19.6 Å². The van der Waals surface area contributed by atoms with Crippen LogP contribution in [-0.4, -0.2) is 24.6 Å². The molecule has 1 saturated heterocycles. The summed E-state index contributed by atoms with van der Waals surface area (Å²) in [4.78, 5) is 2.27. The van der Waals surface area contributed by atoms with Crippen LogP contribution in [0.25, 0.3) is 0 Å². The Hall–Kier alpha value is -1.78. The highest BCUT2D eigenvalue weighted by atomic mass is 19.1. The molecule has 1 atom stereocenters. The lowest BCUT2D eigenvalue weighted by Gasteiger charge is -2.33. The summed E-state index contributed by atoms with van der Waals surface area (Å²) in [6.45, 7) is 3.00. The van der Waals surface area contributed by atoms with Gasteiger partial charge in [-0.2, -0.15) is 0 Å². The normalized spacial score (nSPS) is 19.6. The van der Waals surface area contributed by atoms with Crippen molar-refractivity contribution in [1.29, 1.82) is 0 Å². The quantitative estimate of drug-likeness (QED) is 0.857. The summed E-state index contributed by atoms with van der Waals surface area (Å²) in [5.41, 5.74) is 2.07. The van der Waals surface area contributed by atoms with Gasteiger partial charge in [-0.25, -0.2) is 8.78 Å². The Morgan fingerprint density at radius 1 is 0.952 bits per heavy atom. The molecule has 0 saturated carbocycles. The minimum atomic E-state index is -0.238. The molecule has 4 heteroatoms. The molecule has 0 radical (unpaired) electrons. The molecular formula is C17H17F2NO. The molecule has 0 aromatic heterocycles. The number of hydrogen-bond donors (Lipinski definition) is 0. The molecule has 2 aromatic carbocycles. The molecule has 3 rings (SSSR count). The number of nitrogens with zero attached hydrogens (tertiary/aromatic N) is 1. The van der Waals surface area contributed by atoms with Crippen LogP contribution >= 0.6 is 0 Å². The van der Waals surface area contributed by atoms with Crippen LogP contribution < -0.4 is 0 Å². The number of hydrogen-bond acceptors (Lipinski definition) is 2. The third-order valence-corrected chi connectivity index (χ3v) is 3.71. The average Bonchev–Trinajstić information content (AvgIpc) is 2.51. The molecule has 1 heterocycles. The molecule has 0 N–H and O–H groups in total. The minimum absolute atomic E-state index is 0.0419. The zero-order valence-electron chi connectivity index (χ0n) is 11.6. The van der Waals surface area contributed by atoms with Gasteiger partial charge in [-0.15, -0.1) is 0 Å². The van der Waals surface area contributed by atoms with Crippen LogP contribution in [0.5, 0.6) is 0 Å². The molecule has 110 valence electrons. The molecule has 1 aliphatic heterocycles. The van der Waals surface area contributed by atoms with Gasteiger partial charge in [0.05, 0.1) is 12.7 Å². The molecule has 0 amide bonds. The van der Waals surface area contributed by atoms with Crippen molar-refractivity contribution < 1.29 is 13.5 Å². The van der Waals surface area contributed by atoms with Crippen molar-refractivity contribution in [2.45, 2.75) is 12.6 Å². The zero-order valence-corrected chi connectivity index (χ0v) is 11.6. The highest BCUT2D eigenvalue weighted by Gasteiger charge is 2.21. The van der Waals surface area contributed by atoms with Gasteiger partial charge in [0.1, 0.15) is 11.6 Å². The average molecular weight is 289 g/mol. The molecule has 1 aliphatic rings. The fraction of sp³-hybridized carbons (Fsp3) is 0.294. The summed E-state index contributed by atoms with van der Waals surface area (Å²) in [5, 5.41) is 0. The van der Waals surface area contributed by atoms with Crippen molar-refractivity contribution in [3.8, 4) is 0 Å². The lowest BCUT2D eigenvalue weighted by molar-refractivity contribution is -0.0329. The van der Waals surface area contributed by atoms with Gasteiger partial charge in [0.15, 0.2) is 0 Å². The van der Waals surface area contributed by atoms with Crippen molar-refractivity contribution >= 4 is 0 Å². The van der Waals surface area contributed by atoms with Gasteiger partial charge in [0.2, 0.25) is 0 Å². The minimum Gasteiger partial charge on any atom is -0.371 e. The SMILES string of the molecule is Fc1ccc(CN2CCOC(c3ccc(F)cc3)C2)cc1. The van der Waals surface area contributed by atoms with Gasteiger partial charge in [-0.1, -0.05) is 24.3 Å². The molecule has 1 fully saturated rings. The first-order chi connectivity index (χ1) is 10.2.